The first-order valence-electron chi connectivity index (χ1n) is 6.15. The molecule has 1 fully saturated rings. The van der Waals surface area contributed by atoms with Crippen LogP contribution in [-0.2, 0) is 0 Å². The average molecular weight is 267 g/mol. The Bertz CT molecular complexity index is 489. The van der Waals surface area contributed by atoms with E-state index in [1.54, 1.807) is 14.0 Å². The van der Waals surface area contributed by atoms with Crippen molar-refractivity contribution in [2.24, 2.45) is 5.92 Å². The highest BCUT2D eigenvalue weighted by Gasteiger charge is 2.30. The van der Waals surface area contributed by atoms with Crippen LogP contribution in [-0.4, -0.2) is 39.7 Å². The van der Waals surface area contributed by atoms with E-state index in [9.17, 15) is 15.2 Å². The number of nitrogens with one attached hydrogen (secondary N) is 2. The summed E-state index contributed by atoms with van der Waals surface area (Å²) in [6.07, 6.45) is 1.53. The second kappa shape index (κ2) is 5.35. The van der Waals surface area contributed by atoms with Gasteiger partial charge in [-0.05, 0) is 25.7 Å². The molecule has 1 heterocycles. The van der Waals surface area contributed by atoms with Crippen molar-refractivity contribution in [2.45, 2.75) is 25.9 Å². The molecule has 0 saturated heterocycles. The van der Waals surface area contributed by atoms with E-state index >= 15 is 0 Å². The number of aliphatic hydroxyl groups is 1. The first-order chi connectivity index (χ1) is 9.02. The van der Waals surface area contributed by atoms with Crippen LogP contribution in [0.25, 0.3) is 0 Å². The van der Waals surface area contributed by atoms with Gasteiger partial charge in [0.15, 0.2) is 0 Å². The van der Waals surface area contributed by atoms with Gasteiger partial charge in [-0.2, -0.15) is 4.98 Å². The van der Waals surface area contributed by atoms with Gasteiger partial charge in [0, 0.05) is 13.6 Å². The van der Waals surface area contributed by atoms with Gasteiger partial charge in [0.2, 0.25) is 11.8 Å². The summed E-state index contributed by atoms with van der Waals surface area (Å²) >= 11 is 0. The highest BCUT2D eigenvalue weighted by Crippen LogP contribution is 2.33. The predicted octanol–water partition coefficient (Wildman–Crippen LogP) is 0.918. The van der Waals surface area contributed by atoms with Gasteiger partial charge in [-0.1, -0.05) is 0 Å². The largest absolute Gasteiger partial charge is 0.391 e. The van der Waals surface area contributed by atoms with E-state index in [0.717, 1.165) is 12.8 Å². The molecular weight excluding hydrogens is 250 g/mol. The van der Waals surface area contributed by atoms with Crippen molar-refractivity contribution in [3.63, 3.8) is 0 Å². The molecule has 104 valence electrons. The zero-order valence-electron chi connectivity index (χ0n) is 10.9. The van der Waals surface area contributed by atoms with Crippen molar-refractivity contribution >= 4 is 17.5 Å². The molecule has 0 aromatic carbocycles. The number of hydrogen-bond acceptors (Lipinski definition) is 7. The highest BCUT2D eigenvalue weighted by atomic mass is 16.6. The Balaban J connectivity index is 2.19. The summed E-state index contributed by atoms with van der Waals surface area (Å²) < 4.78 is 0. The average Bonchev–Trinajstić information content (AvgIpc) is 3.18. The molecule has 8 nitrogen and oxygen atoms in total. The van der Waals surface area contributed by atoms with Crippen molar-refractivity contribution in [2.75, 3.05) is 24.2 Å². The van der Waals surface area contributed by atoms with Crippen molar-refractivity contribution < 1.29 is 10.0 Å². The summed E-state index contributed by atoms with van der Waals surface area (Å²) in [5.41, 5.74) is 0.134. The molecule has 1 aromatic rings. The molecule has 1 aliphatic rings. The van der Waals surface area contributed by atoms with Gasteiger partial charge in [0.05, 0.1) is 11.0 Å². The quantitative estimate of drug-likeness (QED) is 0.518. The third-order valence-electron chi connectivity index (χ3n) is 3.11. The van der Waals surface area contributed by atoms with Gasteiger partial charge in [-0.3, -0.25) is 10.1 Å². The van der Waals surface area contributed by atoms with Gasteiger partial charge >= 0.3 is 5.69 Å². The molecule has 8 heteroatoms. The summed E-state index contributed by atoms with van der Waals surface area (Å²) in [6.45, 7) is 1.81. The first-order valence-corrected chi connectivity index (χ1v) is 6.15. The van der Waals surface area contributed by atoms with E-state index in [2.05, 4.69) is 20.6 Å². The molecular formula is C11H17N5O3. The molecule has 0 bridgehead atoms. The Hall–Kier alpha value is -1.96. The van der Waals surface area contributed by atoms with Crippen molar-refractivity contribution in [3.8, 4) is 0 Å². The number of nitrogens with zero attached hydrogens (tertiary/aromatic N) is 3. The molecule has 1 unspecified atom stereocenters. The smallest absolute Gasteiger partial charge is 0.332 e. The molecule has 1 saturated carbocycles. The molecule has 3 N–H and O–H groups in total. The highest BCUT2D eigenvalue weighted by molar-refractivity contribution is 5.60. The van der Waals surface area contributed by atoms with E-state index < -0.39 is 11.0 Å². The van der Waals surface area contributed by atoms with Crippen LogP contribution in [0, 0.1) is 23.0 Å². The van der Waals surface area contributed by atoms with Gasteiger partial charge in [-0.15, -0.1) is 0 Å². The molecule has 1 aromatic heterocycles. The fourth-order valence-electron chi connectivity index (χ4n) is 1.87. The minimum absolute atomic E-state index is 0.140. The number of rotatable bonds is 6. The number of hydrogen-bond donors (Lipinski definition) is 3. The molecule has 1 aliphatic carbocycles. The maximum Gasteiger partial charge on any atom is 0.332 e. The van der Waals surface area contributed by atoms with Crippen molar-refractivity contribution in [3.05, 3.63) is 15.8 Å². The summed E-state index contributed by atoms with van der Waals surface area (Å²) in [5, 5.41) is 26.4. The molecule has 0 radical (unpaired) electrons. The molecule has 19 heavy (non-hydrogen) atoms. The maximum absolute atomic E-state index is 11.0. The van der Waals surface area contributed by atoms with Crippen LogP contribution in [0.2, 0.25) is 0 Å². The number of anilines is 2. The van der Waals surface area contributed by atoms with Crippen LogP contribution in [0.5, 0.6) is 0 Å². The fraction of sp³-hybridized carbons (Fsp3) is 0.636. The summed E-state index contributed by atoms with van der Waals surface area (Å²) in [7, 11) is 1.64. The molecule has 2 rings (SSSR count). The topological polar surface area (TPSA) is 113 Å². The Morgan fingerprint density at radius 1 is 1.53 bits per heavy atom. The molecule has 0 aliphatic heterocycles. The Labute approximate surface area is 110 Å². The van der Waals surface area contributed by atoms with Crippen LogP contribution in [0.15, 0.2) is 0 Å². The Morgan fingerprint density at radius 3 is 2.74 bits per heavy atom. The maximum atomic E-state index is 11.0. The minimum atomic E-state index is -0.513. The molecule has 0 amide bonds. The predicted molar refractivity (Wildman–Crippen MR) is 70.2 cm³/mol. The second-order valence-corrected chi connectivity index (χ2v) is 4.62. The first kappa shape index (κ1) is 13.5. The zero-order chi connectivity index (χ0) is 14.0. The van der Waals surface area contributed by atoms with Crippen LogP contribution in [0.1, 0.15) is 18.5 Å². The summed E-state index contributed by atoms with van der Waals surface area (Å²) in [6, 6.07) is 0. The minimum Gasteiger partial charge on any atom is -0.391 e. The number of aryl methyl sites for hydroxylation is 1. The van der Waals surface area contributed by atoms with E-state index in [4.69, 9.17) is 0 Å². The Kier molecular flexibility index (Phi) is 3.79. The number of nitro groups is 1. The van der Waals surface area contributed by atoms with E-state index in [1.165, 1.54) is 0 Å². The van der Waals surface area contributed by atoms with E-state index in [0.29, 0.717) is 11.9 Å². The van der Waals surface area contributed by atoms with Gasteiger partial charge in [-0.25, -0.2) is 4.98 Å². The van der Waals surface area contributed by atoms with Crippen LogP contribution >= 0.6 is 0 Å². The van der Waals surface area contributed by atoms with Crippen LogP contribution in [0.3, 0.4) is 0 Å². The van der Waals surface area contributed by atoms with Gasteiger partial charge < -0.3 is 15.7 Å². The van der Waals surface area contributed by atoms with Gasteiger partial charge in [0.1, 0.15) is 5.69 Å². The Morgan fingerprint density at radius 2 is 2.21 bits per heavy atom. The van der Waals surface area contributed by atoms with Crippen LogP contribution in [0.4, 0.5) is 17.5 Å². The third-order valence-corrected chi connectivity index (χ3v) is 3.11. The standard InChI is InChI=1S/C11H17N5O3/c1-6-9(16(18)19)10(15-11(12-2)14-6)13-5-8(17)7-3-4-7/h7-8,17H,3-5H2,1-2H3,(H2,12,13,14,15). The molecule has 0 spiro atoms. The SMILES string of the molecule is CNc1nc(C)c([N+](=O)[O-])c(NCC(O)C2CC2)n1. The second-order valence-electron chi connectivity index (χ2n) is 4.62. The van der Waals surface area contributed by atoms with Crippen LogP contribution < -0.4 is 10.6 Å². The van der Waals surface area contributed by atoms with Crippen molar-refractivity contribution in [1.82, 2.24) is 9.97 Å². The lowest BCUT2D eigenvalue weighted by molar-refractivity contribution is -0.385. The summed E-state index contributed by atoms with van der Waals surface area (Å²) in [4.78, 5) is 18.5. The number of aliphatic hydroxyl groups excluding tert-OH is 1. The lowest BCUT2D eigenvalue weighted by atomic mass is 10.2. The monoisotopic (exact) mass is 267 g/mol. The normalized spacial score (nSPS) is 15.9. The molecule has 1 atom stereocenters. The third kappa shape index (κ3) is 3.08. The van der Waals surface area contributed by atoms with Gasteiger partial charge in [0.25, 0.3) is 0 Å². The van der Waals surface area contributed by atoms with E-state index in [-0.39, 0.29) is 23.7 Å². The fourth-order valence-corrected chi connectivity index (χ4v) is 1.87. The summed E-state index contributed by atoms with van der Waals surface area (Å²) in [5.74, 6) is 0.756. The lowest BCUT2D eigenvalue weighted by Crippen LogP contribution is -2.22. The number of aromatic nitrogens is 2. The zero-order valence-corrected chi connectivity index (χ0v) is 10.9. The lowest BCUT2D eigenvalue weighted by Gasteiger charge is -2.12. The van der Waals surface area contributed by atoms with Crippen molar-refractivity contribution in [1.29, 1.82) is 0 Å². The van der Waals surface area contributed by atoms with E-state index in [1.807, 2.05) is 0 Å².